The summed E-state index contributed by atoms with van der Waals surface area (Å²) in [6.45, 7) is 5.04. The third kappa shape index (κ3) is 5.06. The third-order valence-corrected chi connectivity index (χ3v) is 3.68. The Morgan fingerprint density at radius 2 is 2.00 bits per heavy atom. The van der Waals surface area contributed by atoms with Crippen molar-refractivity contribution in [2.24, 2.45) is 0 Å². The first-order valence-corrected chi connectivity index (χ1v) is 7.87. The number of nitrogens with zero attached hydrogens (tertiary/aromatic N) is 1. The highest BCUT2D eigenvalue weighted by Crippen LogP contribution is 2.04. The Morgan fingerprint density at radius 1 is 1.29 bits per heavy atom. The molecule has 0 bridgehead atoms. The molecule has 0 aliphatic carbocycles. The van der Waals surface area contributed by atoms with Crippen LogP contribution in [-0.2, 0) is 19.1 Å². The van der Waals surface area contributed by atoms with Crippen LogP contribution in [0.25, 0.3) is 0 Å². The number of aryl methyl sites for hydroxylation is 1. The molecule has 0 aromatic heterocycles. The SMILES string of the molecule is Cc1cccc(C(=O)N[C@@H](C)C(=O)OCC(=O)N2CCOCC2)c1. The molecule has 7 nitrogen and oxygen atoms in total. The molecule has 1 heterocycles. The molecule has 2 rings (SSSR count). The highest BCUT2D eigenvalue weighted by Gasteiger charge is 2.22. The van der Waals surface area contributed by atoms with E-state index in [-0.39, 0.29) is 18.4 Å². The number of morpholine rings is 1. The summed E-state index contributed by atoms with van der Waals surface area (Å²) >= 11 is 0. The molecule has 1 fully saturated rings. The van der Waals surface area contributed by atoms with Gasteiger partial charge in [0.05, 0.1) is 13.2 Å². The van der Waals surface area contributed by atoms with Gasteiger partial charge in [-0.1, -0.05) is 17.7 Å². The number of esters is 1. The van der Waals surface area contributed by atoms with Crippen LogP contribution in [0.4, 0.5) is 0 Å². The molecule has 0 spiro atoms. The van der Waals surface area contributed by atoms with E-state index in [9.17, 15) is 14.4 Å². The zero-order valence-electron chi connectivity index (χ0n) is 13.9. The normalized spacial score (nSPS) is 15.5. The highest BCUT2D eigenvalue weighted by atomic mass is 16.5. The Kier molecular flexibility index (Phi) is 6.31. The number of carbonyl (C=O) groups is 3. The van der Waals surface area contributed by atoms with Crippen LogP contribution in [0, 0.1) is 6.92 Å². The summed E-state index contributed by atoms with van der Waals surface area (Å²) < 4.78 is 10.2. The summed E-state index contributed by atoms with van der Waals surface area (Å²) in [7, 11) is 0. The Balaban J connectivity index is 1.79. The van der Waals surface area contributed by atoms with Gasteiger partial charge in [-0.15, -0.1) is 0 Å². The van der Waals surface area contributed by atoms with Gasteiger partial charge in [0.15, 0.2) is 6.61 Å². The Labute approximate surface area is 140 Å². The first kappa shape index (κ1) is 17.9. The van der Waals surface area contributed by atoms with E-state index < -0.39 is 12.0 Å². The van der Waals surface area contributed by atoms with Gasteiger partial charge in [0.1, 0.15) is 6.04 Å². The second-order valence-corrected chi connectivity index (χ2v) is 5.67. The van der Waals surface area contributed by atoms with Crippen LogP contribution in [0.15, 0.2) is 24.3 Å². The van der Waals surface area contributed by atoms with Gasteiger partial charge in [0.2, 0.25) is 0 Å². The van der Waals surface area contributed by atoms with Gasteiger partial charge in [0.25, 0.3) is 11.8 Å². The zero-order valence-corrected chi connectivity index (χ0v) is 13.9. The van der Waals surface area contributed by atoms with Gasteiger partial charge in [-0.3, -0.25) is 9.59 Å². The van der Waals surface area contributed by atoms with E-state index in [0.717, 1.165) is 5.56 Å². The predicted molar refractivity (Wildman–Crippen MR) is 86.5 cm³/mol. The van der Waals surface area contributed by atoms with Crippen LogP contribution in [0.2, 0.25) is 0 Å². The standard InChI is InChI=1S/C17H22N2O5/c1-12-4-3-5-14(10-12)16(21)18-13(2)17(22)24-11-15(20)19-6-8-23-9-7-19/h3-5,10,13H,6-9,11H2,1-2H3,(H,18,21)/t13-/m0/s1. The minimum atomic E-state index is -0.837. The van der Waals surface area contributed by atoms with Crippen LogP contribution in [-0.4, -0.2) is 61.6 Å². The maximum atomic E-state index is 12.1. The first-order chi connectivity index (χ1) is 11.5. The smallest absolute Gasteiger partial charge is 0.328 e. The van der Waals surface area contributed by atoms with Crippen molar-refractivity contribution in [2.45, 2.75) is 19.9 Å². The predicted octanol–water partition coefficient (Wildman–Crippen LogP) is 0.515. The largest absolute Gasteiger partial charge is 0.454 e. The number of carbonyl (C=O) groups excluding carboxylic acids is 3. The summed E-state index contributed by atoms with van der Waals surface area (Å²) in [6.07, 6.45) is 0. The summed E-state index contributed by atoms with van der Waals surface area (Å²) in [5.74, 6) is -1.26. The number of benzene rings is 1. The van der Waals surface area contributed by atoms with Gasteiger partial charge >= 0.3 is 5.97 Å². The first-order valence-electron chi connectivity index (χ1n) is 7.87. The van der Waals surface area contributed by atoms with Gasteiger partial charge in [-0.25, -0.2) is 4.79 Å². The molecule has 1 N–H and O–H groups in total. The maximum Gasteiger partial charge on any atom is 0.328 e. The number of nitrogens with one attached hydrogen (secondary N) is 1. The van der Waals surface area contributed by atoms with E-state index in [1.807, 2.05) is 13.0 Å². The van der Waals surface area contributed by atoms with E-state index in [1.165, 1.54) is 6.92 Å². The van der Waals surface area contributed by atoms with E-state index in [4.69, 9.17) is 9.47 Å². The highest BCUT2D eigenvalue weighted by molar-refractivity contribution is 5.97. The second-order valence-electron chi connectivity index (χ2n) is 5.67. The second kappa shape index (κ2) is 8.44. The molecule has 0 saturated carbocycles. The fraction of sp³-hybridized carbons (Fsp3) is 0.471. The molecule has 2 amide bonds. The number of amides is 2. The Bertz CT molecular complexity index is 611. The molecule has 1 aromatic carbocycles. The lowest BCUT2D eigenvalue weighted by Crippen LogP contribution is -2.44. The fourth-order valence-corrected chi connectivity index (χ4v) is 2.29. The molecule has 24 heavy (non-hydrogen) atoms. The Morgan fingerprint density at radius 3 is 2.67 bits per heavy atom. The van der Waals surface area contributed by atoms with Crippen molar-refractivity contribution < 1.29 is 23.9 Å². The van der Waals surface area contributed by atoms with Crippen LogP contribution in [0.5, 0.6) is 0 Å². The van der Waals surface area contributed by atoms with E-state index in [2.05, 4.69) is 5.32 Å². The zero-order chi connectivity index (χ0) is 17.5. The lowest BCUT2D eigenvalue weighted by atomic mass is 10.1. The molecule has 130 valence electrons. The molecule has 0 radical (unpaired) electrons. The third-order valence-electron chi connectivity index (χ3n) is 3.68. The molecule has 1 saturated heterocycles. The van der Waals surface area contributed by atoms with Crippen molar-refractivity contribution in [1.82, 2.24) is 10.2 Å². The van der Waals surface area contributed by atoms with Crippen LogP contribution in [0.1, 0.15) is 22.8 Å². The average Bonchev–Trinajstić information content (AvgIpc) is 2.60. The lowest BCUT2D eigenvalue weighted by Gasteiger charge is -2.26. The number of hydrogen-bond donors (Lipinski definition) is 1. The molecule has 1 atom stereocenters. The van der Waals surface area contributed by atoms with Crippen LogP contribution >= 0.6 is 0 Å². The van der Waals surface area contributed by atoms with Gasteiger partial charge in [-0.05, 0) is 26.0 Å². The van der Waals surface area contributed by atoms with Crippen molar-refractivity contribution in [3.63, 3.8) is 0 Å². The molecule has 7 heteroatoms. The monoisotopic (exact) mass is 334 g/mol. The maximum absolute atomic E-state index is 12.1. The Hall–Kier alpha value is -2.41. The van der Waals surface area contributed by atoms with Gasteiger partial charge < -0.3 is 19.7 Å². The topological polar surface area (TPSA) is 84.9 Å². The number of ether oxygens (including phenoxy) is 2. The van der Waals surface area contributed by atoms with Crippen LogP contribution in [0.3, 0.4) is 0 Å². The number of hydrogen-bond acceptors (Lipinski definition) is 5. The minimum absolute atomic E-state index is 0.260. The molecule has 1 aliphatic heterocycles. The quantitative estimate of drug-likeness (QED) is 0.794. The summed E-state index contributed by atoms with van der Waals surface area (Å²) in [6, 6.07) is 6.22. The summed E-state index contributed by atoms with van der Waals surface area (Å²) in [5, 5.41) is 2.57. The average molecular weight is 334 g/mol. The molecular formula is C17H22N2O5. The summed E-state index contributed by atoms with van der Waals surface area (Å²) in [4.78, 5) is 37.5. The van der Waals surface area contributed by atoms with Crippen molar-refractivity contribution >= 4 is 17.8 Å². The minimum Gasteiger partial charge on any atom is -0.454 e. The van der Waals surface area contributed by atoms with Crippen molar-refractivity contribution in [2.75, 3.05) is 32.9 Å². The fourth-order valence-electron chi connectivity index (χ4n) is 2.29. The molecule has 1 aliphatic rings. The molecule has 0 unspecified atom stereocenters. The van der Waals surface area contributed by atoms with E-state index >= 15 is 0 Å². The lowest BCUT2D eigenvalue weighted by molar-refractivity contribution is -0.154. The number of rotatable bonds is 5. The van der Waals surface area contributed by atoms with Crippen molar-refractivity contribution in [3.8, 4) is 0 Å². The van der Waals surface area contributed by atoms with E-state index in [1.54, 1.807) is 23.1 Å². The molecular weight excluding hydrogens is 312 g/mol. The van der Waals surface area contributed by atoms with E-state index in [0.29, 0.717) is 31.9 Å². The molecule has 1 aromatic rings. The van der Waals surface area contributed by atoms with Crippen molar-refractivity contribution in [1.29, 1.82) is 0 Å². The van der Waals surface area contributed by atoms with Crippen LogP contribution < -0.4 is 5.32 Å². The van der Waals surface area contributed by atoms with Crippen molar-refractivity contribution in [3.05, 3.63) is 35.4 Å². The van der Waals surface area contributed by atoms with Gasteiger partial charge in [-0.2, -0.15) is 0 Å². The van der Waals surface area contributed by atoms with Gasteiger partial charge in [0, 0.05) is 18.7 Å². The summed E-state index contributed by atoms with van der Waals surface area (Å²) in [5.41, 5.74) is 1.42.